The molecule has 12 rings (SSSR count). The van der Waals surface area contributed by atoms with E-state index in [1.54, 1.807) is 0 Å². The van der Waals surface area contributed by atoms with Crippen molar-refractivity contribution < 1.29 is 4.42 Å². The van der Waals surface area contributed by atoms with Gasteiger partial charge in [0.05, 0.1) is 0 Å². The maximum atomic E-state index is 6.63. The molecule has 71 heavy (non-hydrogen) atoms. The Kier molecular flexibility index (Phi) is 10.6. The van der Waals surface area contributed by atoms with Gasteiger partial charge in [-0.2, -0.15) is 0 Å². The summed E-state index contributed by atoms with van der Waals surface area (Å²) in [6.07, 6.45) is 8.07. The summed E-state index contributed by atoms with van der Waals surface area (Å²) in [5.74, 6) is 1.44. The number of nitrogens with zero attached hydrogens (tertiary/aromatic N) is 1. The van der Waals surface area contributed by atoms with E-state index in [1.165, 1.54) is 89.1 Å². The molecule has 1 heterocycles. The van der Waals surface area contributed by atoms with Crippen molar-refractivity contribution in [3.8, 4) is 44.5 Å². The molecule has 0 amide bonds. The van der Waals surface area contributed by atoms with Gasteiger partial charge in [-0.1, -0.05) is 208 Å². The fourth-order valence-corrected chi connectivity index (χ4v) is 14.3. The first-order valence-electron chi connectivity index (χ1n) is 26.2. The molecule has 1 atom stereocenters. The summed E-state index contributed by atoms with van der Waals surface area (Å²) in [5.41, 5.74) is 22.5. The Morgan fingerprint density at radius 1 is 0.437 bits per heavy atom. The first kappa shape index (κ1) is 45.0. The molecular formula is C69H65NO. The van der Waals surface area contributed by atoms with E-state index in [4.69, 9.17) is 4.42 Å². The minimum atomic E-state index is -0.260. The van der Waals surface area contributed by atoms with E-state index < -0.39 is 0 Å². The van der Waals surface area contributed by atoms with Crippen molar-refractivity contribution in [3.05, 3.63) is 228 Å². The molecule has 352 valence electrons. The van der Waals surface area contributed by atoms with E-state index in [1.807, 2.05) is 0 Å². The number of benzene rings is 8. The predicted octanol–water partition coefficient (Wildman–Crippen LogP) is 19.0. The summed E-state index contributed by atoms with van der Waals surface area (Å²) in [7, 11) is 0. The van der Waals surface area contributed by atoms with Crippen LogP contribution in [0.3, 0.4) is 0 Å². The lowest BCUT2D eigenvalue weighted by molar-refractivity contribution is 0.277. The monoisotopic (exact) mass is 924 g/mol. The van der Waals surface area contributed by atoms with Crippen LogP contribution in [0.1, 0.15) is 96.6 Å². The third kappa shape index (κ3) is 6.52. The number of allylic oxidation sites excluding steroid dienone is 3. The zero-order valence-corrected chi connectivity index (χ0v) is 42.8. The molecule has 1 unspecified atom stereocenters. The average molecular weight is 924 g/mol. The first-order valence-corrected chi connectivity index (χ1v) is 26.2. The Morgan fingerprint density at radius 2 is 0.986 bits per heavy atom. The maximum Gasteiger partial charge on any atom is 0.139 e. The lowest BCUT2D eigenvalue weighted by Gasteiger charge is -2.42. The van der Waals surface area contributed by atoms with Gasteiger partial charge in [0.15, 0.2) is 0 Å². The third-order valence-corrected chi connectivity index (χ3v) is 17.4. The van der Waals surface area contributed by atoms with Gasteiger partial charge in [0.1, 0.15) is 11.2 Å². The Morgan fingerprint density at radius 3 is 1.66 bits per heavy atom. The van der Waals surface area contributed by atoms with Crippen LogP contribution in [-0.4, -0.2) is 0 Å². The summed E-state index contributed by atoms with van der Waals surface area (Å²) >= 11 is 0. The van der Waals surface area contributed by atoms with E-state index >= 15 is 0 Å². The number of rotatable bonds is 10. The minimum Gasteiger partial charge on any atom is -0.456 e. The molecule has 8 aromatic carbocycles. The van der Waals surface area contributed by atoms with Gasteiger partial charge in [0.25, 0.3) is 0 Å². The van der Waals surface area contributed by atoms with Crippen LogP contribution >= 0.6 is 0 Å². The van der Waals surface area contributed by atoms with Gasteiger partial charge < -0.3 is 9.32 Å². The number of fused-ring (bicyclic) bond motifs is 9. The number of para-hydroxylation sites is 2. The van der Waals surface area contributed by atoms with Gasteiger partial charge in [-0.25, -0.2) is 0 Å². The minimum absolute atomic E-state index is 0.140. The SMILES string of the molecule is CC(C)C1(C(C)C)c2cc(N(C3=CCC(C)(c4cccc5c4oc4ccccc45)C=C3)c3ccc(-c4ccccc4)cc3)ccc2-c2cc3c(cc21)-c1c(-c2ccccc2)cccc1C3(C(C)C)C(C)C. The molecule has 0 saturated heterocycles. The normalized spacial score (nSPS) is 17.3. The maximum absolute atomic E-state index is 6.63. The fourth-order valence-electron chi connectivity index (χ4n) is 14.3. The van der Waals surface area contributed by atoms with Gasteiger partial charge >= 0.3 is 0 Å². The highest BCUT2D eigenvalue weighted by Gasteiger charge is 2.53. The lowest BCUT2D eigenvalue weighted by Crippen LogP contribution is -2.38. The van der Waals surface area contributed by atoms with Crippen molar-refractivity contribution in [3.63, 3.8) is 0 Å². The van der Waals surface area contributed by atoms with E-state index in [0.717, 1.165) is 28.7 Å². The number of hydrogen-bond donors (Lipinski definition) is 0. The first-order chi connectivity index (χ1) is 34.4. The Labute approximate surface area is 421 Å². The van der Waals surface area contributed by atoms with Crippen molar-refractivity contribution in [2.24, 2.45) is 23.7 Å². The quantitative estimate of drug-likeness (QED) is 0.136. The molecule has 2 nitrogen and oxygen atoms in total. The van der Waals surface area contributed by atoms with E-state index in [9.17, 15) is 0 Å². The molecule has 0 fully saturated rings. The number of furan rings is 1. The predicted molar refractivity (Wildman–Crippen MR) is 301 cm³/mol. The van der Waals surface area contributed by atoms with Crippen LogP contribution in [0.2, 0.25) is 0 Å². The fraction of sp³-hybridized carbons (Fsp3) is 0.246. The van der Waals surface area contributed by atoms with E-state index in [2.05, 4.69) is 261 Å². The van der Waals surface area contributed by atoms with Gasteiger partial charge in [-0.15, -0.1) is 0 Å². The Balaban J connectivity index is 1.03. The highest BCUT2D eigenvalue weighted by molar-refractivity contribution is 6.06. The molecule has 3 aliphatic rings. The van der Waals surface area contributed by atoms with Crippen LogP contribution in [-0.2, 0) is 16.2 Å². The number of anilines is 2. The van der Waals surface area contributed by atoms with Crippen molar-refractivity contribution in [1.29, 1.82) is 0 Å². The number of hydrogen-bond acceptors (Lipinski definition) is 2. The largest absolute Gasteiger partial charge is 0.456 e. The molecule has 1 aromatic heterocycles. The van der Waals surface area contributed by atoms with Gasteiger partial charge in [0, 0.05) is 49.7 Å². The van der Waals surface area contributed by atoms with Gasteiger partial charge in [0.2, 0.25) is 0 Å². The van der Waals surface area contributed by atoms with Gasteiger partial charge in [-0.05, 0) is 145 Å². The van der Waals surface area contributed by atoms with Crippen molar-refractivity contribution in [1.82, 2.24) is 0 Å². The zero-order valence-electron chi connectivity index (χ0n) is 42.8. The summed E-state index contributed by atoms with van der Waals surface area (Å²) < 4.78 is 6.63. The van der Waals surface area contributed by atoms with Crippen molar-refractivity contribution in [2.75, 3.05) is 4.90 Å². The molecular weight excluding hydrogens is 859 g/mol. The van der Waals surface area contributed by atoms with E-state index in [-0.39, 0.29) is 16.2 Å². The zero-order chi connectivity index (χ0) is 49.0. The van der Waals surface area contributed by atoms with Crippen LogP contribution in [0.5, 0.6) is 0 Å². The van der Waals surface area contributed by atoms with Crippen LogP contribution < -0.4 is 4.90 Å². The van der Waals surface area contributed by atoms with Gasteiger partial charge in [-0.3, -0.25) is 0 Å². The van der Waals surface area contributed by atoms with E-state index in [0.29, 0.717) is 23.7 Å². The van der Waals surface area contributed by atoms with Crippen LogP contribution in [0.15, 0.2) is 204 Å². The third-order valence-electron chi connectivity index (χ3n) is 17.4. The van der Waals surface area contributed by atoms with Crippen LogP contribution in [0.4, 0.5) is 11.4 Å². The van der Waals surface area contributed by atoms with Crippen molar-refractivity contribution >= 4 is 33.3 Å². The highest BCUT2D eigenvalue weighted by atomic mass is 16.3. The summed E-state index contributed by atoms with van der Waals surface area (Å²) in [4.78, 5) is 2.51. The standard InChI is InChI=1S/C69H65NO/c1-43(2)68(44(3)4)59-27-18-25-53(49-22-14-11-15-23-49)65(59)58-42-62-57(41-63(58)68)54-35-34-52(40-61(54)69(62,45(5)6)46(7)8)70(50-32-30-48(31-33-50)47-20-12-10-13-21-47)51-36-38-67(9,39-37-51)60-28-19-26-56-55-24-16-17-29-64(55)71-66(56)60/h10-38,40-46H,39H2,1-9H3. The molecule has 0 bridgehead atoms. The molecule has 0 radical (unpaired) electrons. The van der Waals surface area contributed by atoms with Crippen LogP contribution in [0, 0.1) is 23.7 Å². The molecule has 9 aromatic rings. The highest BCUT2D eigenvalue weighted by Crippen LogP contribution is 2.64. The Bertz CT molecular complexity index is 3570. The molecule has 3 aliphatic carbocycles. The molecule has 0 N–H and O–H groups in total. The smallest absolute Gasteiger partial charge is 0.139 e. The summed E-state index contributed by atoms with van der Waals surface area (Å²) in [6.45, 7) is 22.0. The lowest BCUT2D eigenvalue weighted by atomic mass is 9.61. The molecule has 0 aliphatic heterocycles. The topological polar surface area (TPSA) is 16.4 Å². The second-order valence-electron chi connectivity index (χ2n) is 22.2. The van der Waals surface area contributed by atoms with Crippen molar-refractivity contribution in [2.45, 2.75) is 85.0 Å². The second-order valence-corrected chi connectivity index (χ2v) is 22.2. The average Bonchev–Trinajstić information content (AvgIpc) is 4.02. The summed E-state index contributed by atoms with van der Waals surface area (Å²) in [6, 6.07) is 65.9. The second kappa shape index (κ2) is 16.7. The molecule has 0 spiro atoms. The molecule has 0 saturated carbocycles. The molecule has 2 heteroatoms. The summed E-state index contributed by atoms with van der Waals surface area (Å²) in [5, 5.41) is 2.34. The Hall–Kier alpha value is -7.16. The van der Waals surface area contributed by atoms with Crippen LogP contribution in [0.25, 0.3) is 66.4 Å².